The second kappa shape index (κ2) is 6.27. The average Bonchev–Trinajstić information content (AvgIpc) is 3.10. The van der Waals surface area contributed by atoms with Crippen LogP contribution in [0.5, 0.6) is 0 Å². The lowest BCUT2D eigenvalue weighted by molar-refractivity contribution is 0.528. The standard InChI is InChI=1S/C16H20N4O2S2/c1-10(2)20-9-15(11(3)18-20)24(21,22)19-12(4)16-17-13-7-5-6-8-14(13)23-16/h5-10,12,19H,1-4H3/t12-/m1/s1. The highest BCUT2D eigenvalue weighted by Gasteiger charge is 2.25. The summed E-state index contributed by atoms with van der Waals surface area (Å²) >= 11 is 1.50. The first-order valence-corrected chi connectivity index (χ1v) is 10.0. The molecule has 1 atom stereocenters. The van der Waals surface area contributed by atoms with E-state index in [-0.39, 0.29) is 10.9 Å². The number of benzene rings is 1. The van der Waals surface area contributed by atoms with E-state index < -0.39 is 16.1 Å². The lowest BCUT2D eigenvalue weighted by Gasteiger charge is -2.11. The lowest BCUT2D eigenvalue weighted by Crippen LogP contribution is -2.27. The molecule has 0 saturated carbocycles. The molecule has 0 bridgehead atoms. The van der Waals surface area contributed by atoms with E-state index in [2.05, 4.69) is 14.8 Å². The van der Waals surface area contributed by atoms with Gasteiger partial charge < -0.3 is 0 Å². The molecule has 0 aliphatic carbocycles. The summed E-state index contributed by atoms with van der Waals surface area (Å²) in [5, 5.41) is 5.02. The number of aromatic nitrogens is 3. The van der Waals surface area contributed by atoms with E-state index in [0.717, 1.165) is 15.2 Å². The molecule has 1 N–H and O–H groups in total. The van der Waals surface area contributed by atoms with E-state index in [9.17, 15) is 8.42 Å². The minimum atomic E-state index is -3.66. The van der Waals surface area contributed by atoms with Gasteiger partial charge in [-0.2, -0.15) is 5.10 Å². The zero-order chi connectivity index (χ0) is 17.5. The Kier molecular flexibility index (Phi) is 4.46. The molecule has 3 aromatic rings. The van der Waals surface area contributed by atoms with Crippen LogP contribution >= 0.6 is 11.3 Å². The van der Waals surface area contributed by atoms with Gasteiger partial charge in [-0.05, 0) is 39.8 Å². The number of sulfonamides is 1. The molecule has 2 aromatic heterocycles. The molecule has 8 heteroatoms. The summed E-state index contributed by atoms with van der Waals surface area (Å²) in [7, 11) is -3.66. The lowest BCUT2D eigenvalue weighted by atomic mass is 10.3. The van der Waals surface area contributed by atoms with Crippen molar-refractivity contribution in [2.24, 2.45) is 0 Å². The predicted octanol–water partition coefficient (Wildman–Crippen LogP) is 3.42. The molecule has 0 spiro atoms. The Labute approximate surface area is 145 Å². The molecule has 0 aliphatic rings. The monoisotopic (exact) mass is 364 g/mol. The molecule has 6 nitrogen and oxygen atoms in total. The maximum absolute atomic E-state index is 12.7. The second-order valence-electron chi connectivity index (χ2n) is 6.02. The smallest absolute Gasteiger partial charge is 0.244 e. The SMILES string of the molecule is Cc1nn(C(C)C)cc1S(=O)(=O)N[C@H](C)c1nc2ccccc2s1. The normalized spacial score (nSPS) is 13.7. The highest BCUT2D eigenvalue weighted by molar-refractivity contribution is 7.89. The Bertz CT molecular complexity index is 940. The minimum absolute atomic E-state index is 0.106. The van der Waals surface area contributed by atoms with Crippen LogP contribution in [-0.4, -0.2) is 23.2 Å². The molecule has 128 valence electrons. The third kappa shape index (κ3) is 3.22. The number of thiazole rings is 1. The summed E-state index contributed by atoms with van der Waals surface area (Å²) in [5.74, 6) is 0. The number of nitrogens with one attached hydrogen (secondary N) is 1. The Hall–Kier alpha value is -1.77. The van der Waals surface area contributed by atoms with Crippen molar-refractivity contribution in [2.45, 2.75) is 44.7 Å². The van der Waals surface area contributed by atoms with Crippen LogP contribution in [0.1, 0.15) is 43.6 Å². The maximum Gasteiger partial charge on any atom is 0.244 e. The third-order valence-corrected chi connectivity index (χ3v) is 6.57. The van der Waals surface area contributed by atoms with Crippen LogP contribution in [0, 0.1) is 6.92 Å². The molecule has 0 unspecified atom stereocenters. The molecule has 0 fully saturated rings. The molecule has 0 saturated heterocycles. The first-order chi connectivity index (χ1) is 11.3. The van der Waals surface area contributed by atoms with Gasteiger partial charge in [-0.1, -0.05) is 12.1 Å². The van der Waals surface area contributed by atoms with E-state index in [4.69, 9.17) is 0 Å². The van der Waals surface area contributed by atoms with Crippen molar-refractivity contribution in [1.82, 2.24) is 19.5 Å². The van der Waals surface area contributed by atoms with Crippen molar-refractivity contribution >= 4 is 31.6 Å². The van der Waals surface area contributed by atoms with Crippen molar-refractivity contribution in [2.75, 3.05) is 0 Å². The molecule has 2 heterocycles. The first kappa shape index (κ1) is 17.1. The van der Waals surface area contributed by atoms with Gasteiger partial charge in [0, 0.05) is 12.2 Å². The van der Waals surface area contributed by atoms with E-state index in [1.807, 2.05) is 38.1 Å². The highest BCUT2D eigenvalue weighted by atomic mass is 32.2. The third-order valence-electron chi connectivity index (χ3n) is 3.70. The van der Waals surface area contributed by atoms with Crippen molar-refractivity contribution in [3.8, 4) is 0 Å². The summed E-state index contributed by atoms with van der Waals surface area (Å²) in [4.78, 5) is 4.73. The largest absolute Gasteiger partial charge is 0.269 e. The fourth-order valence-corrected chi connectivity index (χ4v) is 4.84. The molecular weight excluding hydrogens is 344 g/mol. The van der Waals surface area contributed by atoms with Crippen LogP contribution in [0.15, 0.2) is 35.4 Å². The minimum Gasteiger partial charge on any atom is -0.269 e. The molecule has 0 radical (unpaired) electrons. The Balaban J connectivity index is 1.88. The zero-order valence-corrected chi connectivity index (χ0v) is 15.6. The number of aryl methyl sites for hydroxylation is 1. The van der Waals surface area contributed by atoms with E-state index >= 15 is 0 Å². The number of fused-ring (bicyclic) bond motifs is 1. The number of hydrogen-bond acceptors (Lipinski definition) is 5. The number of para-hydroxylation sites is 1. The fourth-order valence-electron chi connectivity index (χ4n) is 2.42. The van der Waals surface area contributed by atoms with Crippen molar-refractivity contribution in [3.63, 3.8) is 0 Å². The molecule has 0 amide bonds. The van der Waals surface area contributed by atoms with Gasteiger partial charge in [-0.3, -0.25) is 4.68 Å². The van der Waals surface area contributed by atoms with Gasteiger partial charge in [0.25, 0.3) is 0 Å². The Morgan fingerprint density at radius 3 is 2.54 bits per heavy atom. The van der Waals surface area contributed by atoms with Crippen LogP contribution in [0.3, 0.4) is 0 Å². The molecular formula is C16H20N4O2S2. The summed E-state index contributed by atoms with van der Waals surface area (Å²) < 4.78 is 30.8. The molecule has 24 heavy (non-hydrogen) atoms. The maximum atomic E-state index is 12.7. The van der Waals surface area contributed by atoms with Crippen molar-refractivity contribution in [3.05, 3.63) is 41.2 Å². The van der Waals surface area contributed by atoms with Gasteiger partial charge in [-0.15, -0.1) is 11.3 Å². The number of hydrogen-bond donors (Lipinski definition) is 1. The molecule has 1 aromatic carbocycles. The number of rotatable bonds is 5. The van der Waals surface area contributed by atoms with E-state index in [0.29, 0.717) is 5.69 Å². The topological polar surface area (TPSA) is 76.9 Å². The van der Waals surface area contributed by atoms with Crippen LogP contribution in [0.25, 0.3) is 10.2 Å². The Morgan fingerprint density at radius 1 is 1.21 bits per heavy atom. The summed E-state index contributed by atoms with van der Waals surface area (Å²) in [6, 6.07) is 7.47. The van der Waals surface area contributed by atoms with Gasteiger partial charge in [0.1, 0.15) is 9.90 Å². The summed E-state index contributed by atoms with van der Waals surface area (Å²) in [5.41, 5.74) is 1.38. The van der Waals surface area contributed by atoms with Gasteiger partial charge in [-0.25, -0.2) is 18.1 Å². The van der Waals surface area contributed by atoms with Crippen LogP contribution in [0.2, 0.25) is 0 Å². The summed E-state index contributed by atoms with van der Waals surface area (Å²) in [6.45, 7) is 7.42. The zero-order valence-electron chi connectivity index (χ0n) is 14.0. The van der Waals surface area contributed by atoms with E-state index in [1.165, 1.54) is 11.3 Å². The van der Waals surface area contributed by atoms with Gasteiger partial charge >= 0.3 is 0 Å². The van der Waals surface area contributed by atoms with Crippen molar-refractivity contribution < 1.29 is 8.42 Å². The van der Waals surface area contributed by atoms with E-state index in [1.54, 1.807) is 24.7 Å². The van der Waals surface area contributed by atoms with Crippen molar-refractivity contribution in [1.29, 1.82) is 0 Å². The fraction of sp³-hybridized carbons (Fsp3) is 0.375. The van der Waals surface area contributed by atoms with Crippen LogP contribution < -0.4 is 4.72 Å². The van der Waals surface area contributed by atoms with Gasteiger partial charge in [0.15, 0.2) is 0 Å². The summed E-state index contributed by atoms with van der Waals surface area (Å²) in [6.07, 6.45) is 1.58. The quantitative estimate of drug-likeness (QED) is 0.752. The molecule has 3 rings (SSSR count). The highest BCUT2D eigenvalue weighted by Crippen LogP contribution is 2.27. The van der Waals surface area contributed by atoms with Crippen LogP contribution in [-0.2, 0) is 10.0 Å². The number of nitrogens with zero attached hydrogens (tertiary/aromatic N) is 3. The second-order valence-corrected chi connectivity index (χ2v) is 8.76. The predicted molar refractivity (Wildman–Crippen MR) is 95.7 cm³/mol. The molecule has 0 aliphatic heterocycles. The van der Waals surface area contributed by atoms with Gasteiger partial charge in [0.05, 0.1) is 22.0 Å². The van der Waals surface area contributed by atoms with Crippen LogP contribution in [0.4, 0.5) is 0 Å². The van der Waals surface area contributed by atoms with Gasteiger partial charge in [0.2, 0.25) is 10.0 Å². The first-order valence-electron chi connectivity index (χ1n) is 7.71. The Morgan fingerprint density at radius 2 is 1.92 bits per heavy atom. The average molecular weight is 364 g/mol.